The fourth-order valence-corrected chi connectivity index (χ4v) is 5.89. The standard InChI is InChI=1S/C14H18N2O7S2/c1-8-2-4-9(5-3-8)25(21,22)23-11-7-24(19,20)6-10(11)12(13(15)17)14(16)18/h2-5,10-12H,6-7H2,1H3,(H2,15,17)(H2,16,18)/t10-,11+/m1/s1. The number of sulfone groups is 1. The molecule has 0 aromatic heterocycles. The van der Waals surface area contributed by atoms with Crippen LogP contribution in [0.1, 0.15) is 5.56 Å². The molecule has 1 saturated heterocycles. The average Bonchev–Trinajstić information content (AvgIpc) is 2.72. The topological polar surface area (TPSA) is 164 Å². The van der Waals surface area contributed by atoms with Crippen LogP contribution in [0.2, 0.25) is 0 Å². The Labute approximate surface area is 145 Å². The molecule has 1 fully saturated rings. The average molecular weight is 390 g/mol. The monoisotopic (exact) mass is 390 g/mol. The maximum atomic E-state index is 12.4. The second kappa shape index (κ2) is 6.73. The summed E-state index contributed by atoms with van der Waals surface area (Å²) in [5, 5.41) is 0. The van der Waals surface area contributed by atoms with Crippen molar-refractivity contribution in [3.8, 4) is 0 Å². The molecule has 0 bridgehead atoms. The number of rotatable bonds is 6. The van der Waals surface area contributed by atoms with Crippen LogP contribution in [-0.2, 0) is 33.7 Å². The van der Waals surface area contributed by atoms with E-state index in [1.807, 2.05) is 0 Å². The maximum Gasteiger partial charge on any atom is 0.297 e. The summed E-state index contributed by atoms with van der Waals surface area (Å²) in [4.78, 5) is 22.8. The number of aryl methyl sites for hydroxylation is 1. The Morgan fingerprint density at radius 3 is 2.12 bits per heavy atom. The molecule has 0 saturated carbocycles. The van der Waals surface area contributed by atoms with Crippen LogP contribution in [0.25, 0.3) is 0 Å². The Kier molecular flexibility index (Phi) is 5.21. The first-order valence-electron chi connectivity index (χ1n) is 7.22. The van der Waals surface area contributed by atoms with Gasteiger partial charge in [0, 0.05) is 5.92 Å². The molecule has 0 spiro atoms. The van der Waals surface area contributed by atoms with Crippen molar-refractivity contribution in [3.05, 3.63) is 29.8 Å². The van der Waals surface area contributed by atoms with Crippen LogP contribution in [0.5, 0.6) is 0 Å². The maximum absolute atomic E-state index is 12.4. The molecule has 25 heavy (non-hydrogen) atoms. The third-order valence-corrected chi connectivity index (χ3v) is 7.02. The van der Waals surface area contributed by atoms with Gasteiger partial charge in [-0.25, -0.2) is 8.42 Å². The van der Waals surface area contributed by atoms with Gasteiger partial charge in [0.1, 0.15) is 5.92 Å². The summed E-state index contributed by atoms with van der Waals surface area (Å²) in [6.45, 7) is 1.77. The van der Waals surface area contributed by atoms with Gasteiger partial charge >= 0.3 is 0 Å². The zero-order chi connectivity index (χ0) is 19.0. The quantitative estimate of drug-likeness (QED) is 0.450. The number of amides is 2. The molecular weight excluding hydrogens is 372 g/mol. The van der Waals surface area contributed by atoms with Crippen molar-refractivity contribution in [1.29, 1.82) is 0 Å². The Bertz CT molecular complexity index is 878. The summed E-state index contributed by atoms with van der Waals surface area (Å²) >= 11 is 0. The predicted molar refractivity (Wildman–Crippen MR) is 87.3 cm³/mol. The van der Waals surface area contributed by atoms with Crippen molar-refractivity contribution >= 4 is 31.8 Å². The summed E-state index contributed by atoms with van der Waals surface area (Å²) in [6.07, 6.45) is -1.43. The van der Waals surface area contributed by atoms with E-state index in [4.69, 9.17) is 15.7 Å². The van der Waals surface area contributed by atoms with E-state index in [9.17, 15) is 26.4 Å². The largest absolute Gasteiger partial charge is 0.369 e. The molecule has 1 aromatic rings. The lowest BCUT2D eigenvalue weighted by atomic mass is 9.89. The van der Waals surface area contributed by atoms with Crippen molar-refractivity contribution < 1.29 is 30.6 Å². The van der Waals surface area contributed by atoms with Crippen LogP contribution >= 0.6 is 0 Å². The molecule has 2 amide bonds. The molecule has 1 aliphatic heterocycles. The van der Waals surface area contributed by atoms with Gasteiger partial charge in [-0.3, -0.25) is 13.8 Å². The number of hydrogen-bond donors (Lipinski definition) is 2. The van der Waals surface area contributed by atoms with Crippen LogP contribution in [-0.4, -0.2) is 46.3 Å². The SMILES string of the molecule is Cc1ccc(S(=O)(=O)O[C@H]2CS(=O)(=O)C[C@H]2C(C(N)=O)C(N)=O)cc1. The molecule has 1 heterocycles. The second-order valence-electron chi connectivity index (χ2n) is 5.93. The lowest BCUT2D eigenvalue weighted by Gasteiger charge is -2.22. The van der Waals surface area contributed by atoms with E-state index in [2.05, 4.69) is 0 Å². The third kappa shape index (κ3) is 4.35. The van der Waals surface area contributed by atoms with Crippen LogP contribution < -0.4 is 11.5 Å². The molecule has 2 rings (SSSR count). The molecule has 0 unspecified atom stereocenters. The highest BCUT2D eigenvalue weighted by Gasteiger charge is 2.48. The van der Waals surface area contributed by atoms with Gasteiger partial charge < -0.3 is 11.5 Å². The minimum Gasteiger partial charge on any atom is -0.369 e. The molecular formula is C14H18N2O7S2. The van der Waals surface area contributed by atoms with Crippen LogP contribution in [0.4, 0.5) is 0 Å². The van der Waals surface area contributed by atoms with Crippen molar-refractivity contribution in [3.63, 3.8) is 0 Å². The molecule has 11 heteroatoms. The highest BCUT2D eigenvalue weighted by Crippen LogP contribution is 2.31. The van der Waals surface area contributed by atoms with E-state index in [0.29, 0.717) is 0 Å². The van der Waals surface area contributed by atoms with Gasteiger partial charge in [-0.05, 0) is 19.1 Å². The zero-order valence-electron chi connectivity index (χ0n) is 13.3. The molecule has 1 aliphatic rings. The van der Waals surface area contributed by atoms with Crippen LogP contribution in [0.3, 0.4) is 0 Å². The Balaban J connectivity index is 2.36. The van der Waals surface area contributed by atoms with E-state index in [-0.39, 0.29) is 4.90 Å². The number of carbonyl (C=O) groups is 2. The number of benzene rings is 1. The van der Waals surface area contributed by atoms with Crippen molar-refractivity contribution in [1.82, 2.24) is 0 Å². The second-order valence-corrected chi connectivity index (χ2v) is 9.65. The van der Waals surface area contributed by atoms with E-state index in [1.165, 1.54) is 12.1 Å². The van der Waals surface area contributed by atoms with Gasteiger partial charge in [-0.1, -0.05) is 17.7 Å². The number of carbonyl (C=O) groups excluding carboxylic acids is 2. The fraction of sp³-hybridized carbons (Fsp3) is 0.429. The summed E-state index contributed by atoms with van der Waals surface area (Å²) in [6, 6.07) is 5.72. The molecule has 1 aromatic carbocycles. The lowest BCUT2D eigenvalue weighted by Crippen LogP contribution is -2.45. The minimum atomic E-state index is -4.30. The van der Waals surface area contributed by atoms with Gasteiger partial charge in [0.2, 0.25) is 11.8 Å². The first kappa shape index (κ1) is 19.3. The molecule has 2 atom stereocenters. The van der Waals surface area contributed by atoms with Gasteiger partial charge in [-0.15, -0.1) is 0 Å². The van der Waals surface area contributed by atoms with E-state index >= 15 is 0 Å². The normalized spacial score (nSPS) is 22.8. The van der Waals surface area contributed by atoms with E-state index < -0.39 is 61.2 Å². The summed E-state index contributed by atoms with van der Waals surface area (Å²) in [7, 11) is -8.02. The van der Waals surface area contributed by atoms with Gasteiger partial charge in [0.15, 0.2) is 9.84 Å². The van der Waals surface area contributed by atoms with E-state index in [0.717, 1.165) is 5.56 Å². The van der Waals surface area contributed by atoms with Crippen molar-refractivity contribution in [2.45, 2.75) is 17.9 Å². The fourth-order valence-electron chi connectivity index (χ4n) is 2.74. The first-order chi connectivity index (χ1) is 11.4. The zero-order valence-corrected chi connectivity index (χ0v) is 14.9. The van der Waals surface area contributed by atoms with E-state index in [1.54, 1.807) is 19.1 Å². The summed E-state index contributed by atoms with van der Waals surface area (Å²) in [5.74, 6) is -6.43. The summed E-state index contributed by atoms with van der Waals surface area (Å²) < 4.78 is 53.5. The Morgan fingerprint density at radius 1 is 1.12 bits per heavy atom. The van der Waals surface area contributed by atoms with Crippen molar-refractivity contribution in [2.75, 3.05) is 11.5 Å². The third-order valence-electron chi connectivity index (χ3n) is 3.94. The smallest absolute Gasteiger partial charge is 0.297 e. The molecule has 0 aliphatic carbocycles. The highest BCUT2D eigenvalue weighted by molar-refractivity contribution is 7.91. The Hall–Kier alpha value is -1.98. The molecule has 4 N–H and O–H groups in total. The molecule has 0 radical (unpaired) electrons. The molecule has 138 valence electrons. The van der Waals surface area contributed by atoms with Gasteiger partial charge in [0.25, 0.3) is 10.1 Å². The van der Waals surface area contributed by atoms with Crippen molar-refractivity contribution in [2.24, 2.45) is 23.3 Å². The number of primary amides is 2. The van der Waals surface area contributed by atoms with Crippen LogP contribution in [0.15, 0.2) is 29.2 Å². The van der Waals surface area contributed by atoms with Gasteiger partial charge in [-0.2, -0.15) is 8.42 Å². The Morgan fingerprint density at radius 2 is 1.64 bits per heavy atom. The summed E-state index contributed by atoms with van der Waals surface area (Å²) in [5.41, 5.74) is 11.1. The minimum absolute atomic E-state index is 0.171. The highest BCUT2D eigenvalue weighted by atomic mass is 32.2. The number of nitrogens with two attached hydrogens (primary N) is 2. The predicted octanol–water partition coefficient (Wildman–Crippen LogP) is -1.30. The first-order valence-corrected chi connectivity index (χ1v) is 10.4. The van der Waals surface area contributed by atoms with Gasteiger partial charge in [0.05, 0.1) is 22.5 Å². The lowest BCUT2D eigenvalue weighted by molar-refractivity contribution is -0.134. The molecule has 9 nitrogen and oxygen atoms in total. The number of hydrogen-bond acceptors (Lipinski definition) is 7. The van der Waals surface area contributed by atoms with Crippen LogP contribution in [0, 0.1) is 18.8 Å².